The van der Waals surface area contributed by atoms with Crippen molar-refractivity contribution in [2.24, 2.45) is 5.92 Å². The lowest BCUT2D eigenvalue weighted by atomic mass is 9.87. The predicted molar refractivity (Wildman–Crippen MR) is 73.6 cm³/mol. The first-order chi connectivity index (χ1) is 9.06. The Morgan fingerprint density at radius 2 is 2.05 bits per heavy atom. The molecule has 1 heterocycles. The average Bonchev–Trinajstić information content (AvgIpc) is 2.39. The van der Waals surface area contributed by atoms with Gasteiger partial charge in [-0.25, -0.2) is 0 Å². The molecule has 1 aliphatic carbocycles. The summed E-state index contributed by atoms with van der Waals surface area (Å²) in [5, 5.41) is 2.74. The Hall–Kier alpha value is -1.10. The number of nitrogens with zero attached hydrogens (tertiary/aromatic N) is 2. The van der Waals surface area contributed by atoms with E-state index in [4.69, 9.17) is 0 Å². The van der Waals surface area contributed by atoms with Crippen LogP contribution in [-0.4, -0.2) is 60.9 Å². The largest absolute Gasteiger partial charge is 0.353 e. The van der Waals surface area contributed by atoms with Crippen molar-refractivity contribution in [1.29, 1.82) is 0 Å². The Bertz CT molecular complexity index is 338. The summed E-state index contributed by atoms with van der Waals surface area (Å²) < 4.78 is 0. The molecule has 2 aliphatic rings. The fourth-order valence-corrected chi connectivity index (χ4v) is 2.98. The Morgan fingerprint density at radius 1 is 1.37 bits per heavy atom. The van der Waals surface area contributed by atoms with E-state index in [1.165, 1.54) is 25.7 Å². The summed E-state index contributed by atoms with van der Waals surface area (Å²) in [6.45, 7) is 4.17. The Labute approximate surface area is 115 Å². The van der Waals surface area contributed by atoms with E-state index in [1.54, 1.807) is 4.90 Å². The van der Waals surface area contributed by atoms with E-state index >= 15 is 0 Å². The van der Waals surface area contributed by atoms with E-state index in [1.807, 2.05) is 7.05 Å². The minimum Gasteiger partial charge on any atom is -0.353 e. The van der Waals surface area contributed by atoms with Gasteiger partial charge in [0.1, 0.15) is 0 Å². The van der Waals surface area contributed by atoms with Crippen LogP contribution in [-0.2, 0) is 9.59 Å². The lowest BCUT2D eigenvalue weighted by Gasteiger charge is -2.35. The highest BCUT2D eigenvalue weighted by Crippen LogP contribution is 2.26. The van der Waals surface area contributed by atoms with Crippen LogP contribution in [0.5, 0.6) is 0 Å². The Balaban J connectivity index is 1.79. The summed E-state index contributed by atoms with van der Waals surface area (Å²) in [7, 11) is 2.03. The second-order valence-electron chi connectivity index (χ2n) is 5.99. The maximum Gasteiger partial charge on any atom is 0.239 e. The van der Waals surface area contributed by atoms with Crippen LogP contribution in [0.1, 0.15) is 32.6 Å². The highest BCUT2D eigenvalue weighted by molar-refractivity contribution is 5.86. The minimum atomic E-state index is -0.0475. The van der Waals surface area contributed by atoms with Crippen LogP contribution in [0.25, 0.3) is 0 Å². The topological polar surface area (TPSA) is 52.7 Å². The highest BCUT2D eigenvalue weighted by Gasteiger charge is 2.26. The molecule has 0 radical (unpaired) electrons. The molecule has 0 aromatic heterocycles. The highest BCUT2D eigenvalue weighted by atomic mass is 16.2. The molecule has 5 nitrogen and oxygen atoms in total. The van der Waals surface area contributed by atoms with Gasteiger partial charge < -0.3 is 10.2 Å². The molecule has 0 atom stereocenters. The molecular formula is C14H25N3O2. The Morgan fingerprint density at radius 3 is 2.68 bits per heavy atom. The van der Waals surface area contributed by atoms with E-state index < -0.39 is 0 Å². The third-order valence-corrected chi connectivity index (χ3v) is 4.38. The number of rotatable bonds is 3. The molecule has 2 rings (SSSR count). The minimum absolute atomic E-state index is 0.0475. The van der Waals surface area contributed by atoms with Crippen molar-refractivity contribution in [3.8, 4) is 0 Å². The monoisotopic (exact) mass is 267 g/mol. The molecule has 0 aromatic carbocycles. The molecule has 0 bridgehead atoms. The first-order valence-electron chi connectivity index (χ1n) is 7.31. The van der Waals surface area contributed by atoms with Crippen LogP contribution in [0.3, 0.4) is 0 Å². The molecule has 19 heavy (non-hydrogen) atoms. The number of nitrogens with one attached hydrogen (secondary N) is 1. The van der Waals surface area contributed by atoms with Gasteiger partial charge in [-0.3, -0.25) is 14.5 Å². The number of likely N-dealkylation sites (N-methyl/N-ethyl adjacent to an activating group) is 1. The third kappa shape index (κ3) is 3.93. The first kappa shape index (κ1) is 14.3. The normalized spacial score (nSPS) is 28.4. The van der Waals surface area contributed by atoms with Crippen molar-refractivity contribution in [3.05, 3.63) is 0 Å². The van der Waals surface area contributed by atoms with Gasteiger partial charge in [0, 0.05) is 19.1 Å². The van der Waals surface area contributed by atoms with E-state index in [0.717, 1.165) is 5.92 Å². The van der Waals surface area contributed by atoms with Crippen LogP contribution >= 0.6 is 0 Å². The van der Waals surface area contributed by atoms with Gasteiger partial charge in [-0.15, -0.1) is 0 Å². The van der Waals surface area contributed by atoms with Crippen LogP contribution in [0.2, 0.25) is 0 Å². The van der Waals surface area contributed by atoms with Crippen molar-refractivity contribution in [1.82, 2.24) is 15.1 Å². The van der Waals surface area contributed by atoms with Gasteiger partial charge in [0.15, 0.2) is 0 Å². The molecule has 5 heteroatoms. The summed E-state index contributed by atoms with van der Waals surface area (Å²) in [6, 6.07) is 0.527. The van der Waals surface area contributed by atoms with Crippen molar-refractivity contribution in [2.75, 3.05) is 33.2 Å². The van der Waals surface area contributed by atoms with Crippen molar-refractivity contribution >= 4 is 11.8 Å². The van der Waals surface area contributed by atoms with E-state index in [0.29, 0.717) is 25.7 Å². The lowest BCUT2D eigenvalue weighted by molar-refractivity contribution is -0.139. The van der Waals surface area contributed by atoms with Crippen molar-refractivity contribution in [2.45, 2.75) is 38.6 Å². The predicted octanol–water partition coefficient (Wildman–Crippen LogP) is 0.455. The average molecular weight is 267 g/mol. The van der Waals surface area contributed by atoms with Gasteiger partial charge in [-0.2, -0.15) is 0 Å². The lowest BCUT2D eigenvalue weighted by Crippen LogP contribution is -2.53. The molecule has 1 saturated carbocycles. The van der Waals surface area contributed by atoms with Crippen LogP contribution in [0.4, 0.5) is 0 Å². The molecule has 108 valence electrons. The molecule has 0 aromatic rings. The van der Waals surface area contributed by atoms with Gasteiger partial charge in [0.05, 0.1) is 13.1 Å². The van der Waals surface area contributed by atoms with Crippen molar-refractivity contribution < 1.29 is 9.59 Å². The maximum absolute atomic E-state index is 12.2. The van der Waals surface area contributed by atoms with E-state index in [9.17, 15) is 9.59 Å². The quantitative estimate of drug-likeness (QED) is 0.808. The summed E-state index contributed by atoms with van der Waals surface area (Å²) in [5.74, 6) is 0.857. The standard InChI is InChI=1S/C14H25N3O2/c1-11-3-5-12(6-4-11)16(2)10-14(19)17-8-7-15-13(18)9-17/h11-12H,3-10H2,1-2H3,(H,15,18). The first-order valence-corrected chi connectivity index (χ1v) is 7.31. The van der Waals surface area contributed by atoms with Crippen LogP contribution in [0.15, 0.2) is 0 Å². The molecule has 0 unspecified atom stereocenters. The van der Waals surface area contributed by atoms with Gasteiger partial charge in [-0.1, -0.05) is 6.92 Å². The van der Waals surface area contributed by atoms with Gasteiger partial charge in [-0.05, 0) is 38.6 Å². The summed E-state index contributed by atoms with van der Waals surface area (Å²) in [4.78, 5) is 27.3. The fraction of sp³-hybridized carbons (Fsp3) is 0.857. The maximum atomic E-state index is 12.2. The summed E-state index contributed by atoms with van der Waals surface area (Å²) in [5.41, 5.74) is 0. The summed E-state index contributed by atoms with van der Waals surface area (Å²) in [6.07, 6.45) is 4.89. The molecule has 1 aliphatic heterocycles. The third-order valence-electron chi connectivity index (χ3n) is 4.38. The second-order valence-corrected chi connectivity index (χ2v) is 5.99. The van der Waals surface area contributed by atoms with E-state index in [-0.39, 0.29) is 18.4 Å². The van der Waals surface area contributed by atoms with Gasteiger partial charge in [0.25, 0.3) is 0 Å². The second kappa shape index (κ2) is 6.37. The van der Waals surface area contributed by atoms with Crippen LogP contribution < -0.4 is 5.32 Å². The number of amides is 2. The molecule has 1 N–H and O–H groups in total. The number of carbonyl (C=O) groups is 2. The van der Waals surface area contributed by atoms with Gasteiger partial charge >= 0.3 is 0 Å². The molecule has 2 amide bonds. The van der Waals surface area contributed by atoms with Gasteiger partial charge in [0.2, 0.25) is 11.8 Å². The number of piperazine rings is 1. The van der Waals surface area contributed by atoms with E-state index in [2.05, 4.69) is 17.1 Å². The molecule has 0 spiro atoms. The zero-order valence-corrected chi connectivity index (χ0v) is 12.0. The summed E-state index contributed by atoms with van der Waals surface area (Å²) >= 11 is 0. The molecule has 1 saturated heterocycles. The van der Waals surface area contributed by atoms with Crippen molar-refractivity contribution in [3.63, 3.8) is 0 Å². The zero-order chi connectivity index (χ0) is 13.8. The zero-order valence-electron chi connectivity index (χ0n) is 12.0. The molecule has 2 fully saturated rings. The smallest absolute Gasteiger partial charge is 0.239 e. The number of hydrogen-bond donors (Lipinski definition) is 1. The molecular weight excluding hydrogens is 242 g/mol. The SMILES string of the molecule is CC1CCC(N(C)CC(=O)N2CCNC(=O)C2)CC1. The number of hydrogen-bond acceptors (Lipinski definition) is 3. The number of carbonyl (C=O) groups excluding carboxylic acids is 2. The van der Waals surface area contributed by atoms with Crippen LogP contribution in [0, 0.1) is 5.92 Å². The Kier molecular flexibility index (Phi) is 4.80. The fourth-order valence-electron chi connectivity index (χ4n) is 2.98.